The molecule has 2 N–H and O–H groups in total. The molecule has 0 radical (unpaired) electrons. The van der Waals surface area contributed by atoms with Crippen molar-refractivity contribution in [2.24, 2.45) is 0 Å². The smallest absolute Gasteiger partial charge is 0.321 e. The Balaban J connectivity index is 1.53. The van der Waals surface area contributed by atoms with Crippen molar-refractivity contribution >= 4 is 40.0 Å². The van der Waals surface area contributed by atoms with Gasteiger partial charge < -0.3 is 14.7 Å². The van der Waals surface area contributed by atoms with Crippen molar-refractivity contribution in [3.05, 3.63) is 62.9 Å². The third kappa shape index (κ3) is 5.33. The summed E-state index contributed by atoms with van der Waals surface area (Å²) in [7, 11) is 1.68. The predicted octanol–water partition coefficient (Wildman–Crippen LogP) is 4.00. The van der Waals surface area contributed by atoms with Gasteiger partial charge >= 0.3 is 6.03 Å². The van der Waals surface area contributed by atoms with Crippen LogP contribution in [0.1, 0.15) is 33.1 Å². The number of rotatable bonds is 6. The van der Waals surface area contributed by atoms with Gasteiger partial charge in [-0.2, -0.15) is 0 Å². The first-order valence-corrected chi connectivity index (χ1v) is 10.0. The van der Waals surface area contributed by atoms with Crippen LogP contribution in [-0.4, -0.2) is 34.0 Å². The van der Waals surface area contributed by atoms with Gasteiger partial charge in [-0.15, -0.1) is 11.3 Å². The normalized spacial score (nSPS) is 10.6. The zero-order valence-corrected chi connectivity index (χ0v) is 17.7. The number of benzene rings is 1. The van der Waals surface area contributed by atoms with E-state index < -0.39 is 0 Å². The van der Waals surface area contributed by atoms with Crippen molar-refractivity contribution in [2.75, 3.05) is 12.4 Å². The summed E-state index contributed by atoms with van der Waals surface area (Å²) < 4.78 is 5.05. The van der Waals surface area contributed by atoms with Crippen LogP contribution in [0, 0.1) is 13.8 Å². The van der Waals surface area contributed by atoms with E-state index in [1.54, 1.807) is 38.4 Å². The van der Waals surface area contributed by atoms with E-state index in [1.807, 2.05) is 12.1 Å². The van der Waals surface area contributed by atoms with E-state index in [4.69, 9.17) is 16.1 Å². The number of carbonyl (C=O) groups is 2. The molecule has 1 aromatic carbocycles. The number of aryl methyl sites for hydroxylation is 2. The van der Waals surface area contributed by atoms with E-state index in [0.29, 0.717) is 46.0 Å². The minimum Gasteiger partial charge on any atom is -0.361 e. The van der Waals surface area contributed by atoms with Crippen molar-refractivity contribution in [2.45, 2.75) is 26.9 Å². The van der Waals surface area contributed by atoms with Gasteiger partial charge in [0.2, 0.25) is 0 Å². The average Bonchev–Trinajstić information content (AvgIpc) is 3.25. The Morgan fingerprint density at radius 2 is 2.10 bits per heavy atom. The number of anilines is 1. The number of carbonyl (C=O) groups excluding carboxylic acids is 2. The molecule has 152 valence electrons. The Kier molecular flexibility index (Phi) is 6.50. The molecule has 3 aromatic rings. The molecule has 0 aliphatic heterocycles. The lowest BCUT2D eigenvalue weighted by atomic mass is 10.2. The first kappa shape index (κ1) is 20.8. The van der Waals surface area contributed by atoms with Crippen LogP contribution < -0.4 is 10.6 Å². The van der Waals surface area contributed by atoms with Crippen molar-refractivity contribution in [3.63, 3.8) is 0 Å². The van der Waals surface area contributed by atoms with Crippen LogP contribution in [0.2, 0.25) is 5.02 Å². The van der Waals surface area contributed by atoms with Crippen molar-refractivity contribution in [1.29, 1.82) is 0 Å². The fraction of sp³-hybridized carbons (Fsp3) is 0.263. The van der Waals surface area contributed by atoms with Gasteiger partial charge in [-0.05, 0) is 31.5 Å². The summed E-state index contributed by atoms with van der Waals surface area (Å²) in [6.45, 7) is 4.07. The van der Waals surface area contributed by atoms with Crippen LogP contribution in [0.4, 0.5) is 9.93 Å². The van der Waals surface area contributed by atoms with Crippen LogP contribution >= 0.6 is 22.9 Å². The molecule has 0 fully saturated rings. The monoisotopic (exact) mass is 433 g/mol. The van der Waals surface area contributed by atoms with Crippen LogP contribution in [-0.2, 0) is 13.1 Å². The topological polar surface area (TPSA) is 100 Å². The number of hydrogen-bond donors (Lipinski definition) is 2. The summed E-state index contributed by atoms with van der Waals surface area (Å²) in [6.07, 6.45) is 0. The molecule has 2 heterocycles. The summed E-state index contributed by atoms with van der Waals surface area (Å²) in [4.78, 5) is 30.6. The van der Waals surface area contributed by atoms with E-state index >= 15 is 0 Å². The molecular formula is C19H20ClN5O3S. The summed E-state index contributed by atoms with van der Waals surface area (Å²) in [5, 5.41) is 12.1. The SMILES string of the molecule is Cc1noc(C)c1C(=O)N(C)Cc1csc(NC(=O)NCc2cccc(Cl)c2)n1. The molecule has 0 spiro atoms. The molecule has 0 aliphatic carbocycles. The molecule has 0 bridgehead atoms. The Hall–Kier alpha value is -2.91. The number of nitrogens with zero attached hydrogens (tertiary/aromatic N) is 3. The number of urea groups is 1. The highest BCUT2D eigenvalue weighted by Gasteiger charge is 2.21. The number of hydrogen-bond acceptors (Lipinski definition) is 6. The Bertz CT molecular complexity index is 1010. The van der Waals surface area contributed by atoms with Gasteiger partial charge in [-0.3, -0.25) is 10.1 Å². The third-order valence-electron chi connectivity index (χ3n) is 4.11. The molecule has 3 rings (SSSR count). The fourth-order valence-electron chi connectivity index (χ4n) is 2.70. The molecule has 8 nitrogen and oxygen atoms in total. The molecule has 3 amide bonds. The lowest BCUT2D eigenvalue weighted by Gasteiger charge is -2.15. The molecular weight excluding hydrogens is 414 g/mol. The molecule has 0 saturated carbocycles. The van der Waals surface area contributed by atoms with Crippen molar-refractivity contribution < 1.29 is 14.1 Å². The van der Waals surface area contributed by atoms with E-state index in [2.05, 4.69) is 20.8 Å². The number of thiazole rings is 1. The maximum atomic E-state index is 12.6. The quantitative estimate of drug-likeness (QED) is 0.612. The van der Waals surface area contributed by atoms with E-state index in [1.165, 1.54) is 16.2 Å². The lowest BCUT2D eigenvalue weighted by molar-refractivity contribution is 0.0781. The molecule has 0 saturated heterocycles. The number of aromatic nitrogens is 2. The summed E-state index contributed by atoms with van der Waals surface area (Å²) in [6, 6.07) is 6.89. The molecule has 2 aromatic heterocycles. The second-order valence-corrected chi connectivity index (χ2v) is 7.74. The second-order valence-electron chi connectivity index (χ2n) is 6.44. The first-order valence-electron chi connectivity index (χ1n) is 8.75. The van der Waals surface area contributed by atoms with E-state index in [-0.39, 0.29) is 11.9 Å². The van der Waals surface area contributed by atoms with Crippen molar-refractivity contribution in [3.8, 4) is 0 Å². The van der Waals surface area contributed by atoms with Gasteiger partial charge in [0.05, 0.1) is 17.9 Å². The van der Waals surface area contributed by atoms with Gasteiger partial charge in [0.1, 0.15) is 11.3 Å². The Morgan fingerprint density at radius 1 is 1.31 bits per heavy atom. The highest BCUT2D eigenvalue weighted by molar-refractivity contribution is 7.13. The van der Waals surface area contributed by atoms with Gasteiger partial charge in [0, 0.05) is 24.0 Å². The Labute approximate surface area is 176 Å². The standard InChI is InChI=1S/C19H20ClN5O3S/c1-11-16(12(2)28-24-11)17(26)25(3)9-15-10-29-19(22-15)23-18(27)21-8-13-5-4-6-14(20)7-13/h4-7,10H,8-9H2,1-3H3,(H2,21,22,23,27). The Morgan fingerprint density at radius 3 is 2.79 bits per heavy atom. The van der Waals surface area contributed by atoms with Crippen LogP contribution in [0.15, 0.2) is 34.2 Å². The van der Waals surface area contributed by atoms with Gasteiger partial charge in [0.25, 0.3) is 5.91 Å². The van der Waals surface area contributed by atoms with Gasteiger partial charge in [-0.25, -0.2) is 9.78 Å². The highest BCUT2D eigenvalue weighted by atomic mass is 35.5. The summed E-state index contributed by atoms with van der Waals surface area (Å²) in [5.74, 6) is 0.291. The molecule has 0 aliphatic rings. The lowest BCUT2D eigenvalue weighted by Crippen LogP contribution is -2.28. The number of amides is 3. The summed E-state index contributed by atoms with van der Waals surface area (Å²) in [5.41, 5.74) is 2.58. The zero-order valence-electron chi connectivity index (χ0n) is 16.2. The minimum absolute atomic E-state index is 0.192. The molecule has 29 heavy (non-hydrogen) atoms. The minimum atomic E-state index is -0.369. The van der Waals surface area contributed by atoms with E-state index in [9.17, 15) is 9.59 Å². The van der Waals surface area contributed by atoms with Crippen LogP contribution in [0.5, 0.6) is 0 Å². The number of nitrogens with one attached hydrogen (secondary N) is 2. The van der Waals surface area contributed by atoms with E-state index in [0.717, 1.165) is 5.56 Å². The first-order chi connectivity index (χ1) is 13.8. The molecule has 0 atom stereocenters. The maximum absolute atomic E-state index is 12.6. The maximum Gasteiger partial charge on any atom is 0.321 e. The predicted molar refractivity (Wildman–Crippen MR) is 111 cm³/mol. The largest absolute Gasteiger partial charge is 0.361 e. The van der Waals surface area contributed by atoms with Gasteiger partial charge in [0.15, 0.2) is 5.13 Å². The third-order valence-corrected chi connectivity index (χ3v) is 5.15. The fourth-order valence-corrected chi connectivity index (χ4v) is 3.61. The zero-order chi connectivity index (χ0) is 21.0. The van der Waals surface area contributed by atoms with Gasteiger partial charge in [-0.1, -0.05) is 28.9 Å². The average molecular weight is 434 g/mol. The highest BCUT2D eigenvalue weighted by Crippen LogP contribution is 2.19. The summed E-state index contributed by atoms with van der Waals surface area (Å²) >= 11 is 7.22. The second kappa shape index (κ2) is 9.06. The number of halogens is 1. The molecule has 10 heteroatoms. The molecule has 0 unspecified atom stereocenters. The van der Waals surface area contributed by atoms with Crippen molar-refractivity contribution in [1.82, 2.24) is 20.4 Å². The van der Waals surface area contributed by atoms with Crippen LogP contribution in [0.25, 0.3) is 0 Å². The van der Waals surface area contributed by atoms with Crippen LogP contribution in [0.3, 0.4) is 0 Å².